The van der Waals surface area contributed by atoms with Crippen molar-refractivity contribution in [3.63, 3.8) is 0 Å². The summed E-state index contributed by atoms with van der Waals surface area (Å²) in [5, 5.41) is 2.08. The molecule has 0 bridgehead atoms. The van der Waals surface area contributed by atoms with Crippen LogP contribution in [0, 0.1) is 33.8 Å². The zero-order chi connectivity index (χ0) is 40.1. The summed E-state index contributed by atoms with van der Waals surface area (Å²) in [6, 6.07) is 23.4. The van der Waals surface area contributed by atoms with E-state index >= 15 is 0 Å². The van der Waals surface area contributed by atoms with Gasteiger partial charge in [0.05, 0.1) is 10.1 Å². The van der Waals surface area contributed by atoms with Crippen LogP contribution < -0.4 is 5.30 Å². The van der Waals surface area contributed by atoms with Gasteiger partial charge in [0.15, 0.2) is 0 Å². The largest absolute Gasteiger partial charge is 2.00 e. The van der Waals surface area contributed by atoms with Crippen LogP contribution in [0.5, 0.6) is 0 Å². The van der Waals surface area contributed by atoms with Gasteiger partial charge in [-0.3, -0.25) is 0 Å². The van der Waals surface area contributed by atoms with Crippen molar-refractivity contribution in [2.75, 3.05) is 6.26 Å². The van der Waals surface area contributed by atoms with Crippen LogP contribution in [0.3, 0.4) is 0 Å². The van der Waals surface area contributed by atoms with Gasteiger partial charge in [-0.15, -0.1) is 5.69 Å². The van der Waals surface area contributed by atoms with Gasteiger partial charge in [0, 0.05) is 6.26 Å². The van der Waals surface area contributed by atoms with E-state index in [-0.39, 0.29) is 30.7 Å². The summed E-state index contributed by atoms with van der Waals surface area (Å²) in [5.74, 6) is 1.50. The summed E-state index contributed by atoms with van der Waals surface area (Å²) in [7, 11) is -4.35. The smallest absolute Gasteiger partial charge is 0.748 e. The van der Waals surface area contributed by atoms with Crippen molar-refractivity contribution in [1.29, 1.82) is 0 Å². The number of hydrogen-bond donors (Lipinski definition) is 0. The molecule has 7 heteroatoms. The second-order valence-electron chi connectivity index (χ2n) is 17.0. The molecule has 0 aliphatic rings. The standard InChI is InChI=1S/C33H53P.C12H9N.CH4O3S.Pd/c1-19(2)26-17-27(20(3)4)30(28(18-26)21(5)6)29-24(9)22(7)23(8)25(10)31(29)34(32(11,12)13)33(14,15)16;13-12-9-5-4-8-11(12)10-6-2-1-3-7-10;1-5(2,3)4;/h17-21H,1-16H3;1-6,8-9,13H;1H3,(H,2,3,4);/q;-1;;+2/p-1. The first-order valence-electron chi connectivity index (χ1n) is 18.5. The molecule has 0 atom stereocenters. The number of rotatable bonds is 6. The molecule has 0 spiro atoms. The van der Waals surface area contributed by atoms with Crippen LogP contribution in [0.1, 0.15) is 140 Å². The second-order valence-corrected chi connectivity index (χ2v) is 22.2. The van der Waals surface area contributed by atoms with Gasteiger partial charge in [-0.2, -0.15) is 0 Å². The molecule has 1 radical (unpaired) electrons. The first kappa shape index (κ1) is 48.7. The first-order valence-corrected chi connectivity index (χ1v) is 21.6. The minimum absolute atomic E-state index is 0. The average molecular weight is 849 g/mol. The molecular formula is C46H65NO3PPdS. The van der Waals surface area contributed by atoms with Crippen LogP contribution in [0.2, 0.25) is 0 Å². The maximum atomic E-state index is 9.08. The Hall–Kier alpha value is -2.32. The molecule has 4 nitrogen and oxygen atoms in total. The van der Waals surface area contributed by atoms with Crippen molar-refractivity contribution in [1.82, 2.24) is 0 Å². The molecule has 53 heavy (non-hydrogen) atoms. The Kier molecular flexibility index (Phi) is 17.9. The molecule has 4 aromatic carbocycles. The quantitative estimate of drug-likeness (QED) is 0.110. The maximum Gasteiger partial charge on any atom is 2.00 e. The molecule has 293 valence electrons. The average Bonchev–Trinajstić information content (AvgIpc) is 3.01. The van der Waals surface area contributed by atoms with Gasteiger partial charge in [-0.05, 0) is 128 Å². The summed E-state index contributed by atoms with van der Waals surface area (Å²) in [6.07, 6.45) is 0.604. The van der Waals surface area contributed by atoms with Crippen molar-refractivity contribution < 1.29 is 33.4 Å². The molecule has 0 heterocycles. The molecule has 0 aromatic heterocycles. The number of nitrogens with one attached hydrogen (secondary N) is 1. The third-order valence-corrected chi connectivity index (χ3v) is 13.2. The zero-order valence-corrected chi connectivity index (χ0v) is 38.7. The fourth-order valence-electron chi connectivity index (χ4n) is 7.08. The van der Waals surface area contributed by atoms with Crippen molar-refractivity contribution in [3.05, 3.63) is 111 Å². The van der Waals surface area contributed by atoms with Crippen LogP contribution in [0.4, 0.5) is 5.69 Å². The molecule has 0 aliphatic carbocycles. The van der Waals surface area contributed by atoms with Gasteiger partial charge in [-0.25, -0.2) is 8.42 Å². The molecular weight excluding hydrogens is 784 g/mol. The van der Waals surface area contributed by atoms with Crippen LogP contribution in [0.15, 0.2) is 60.7 Å². The van der Waals surface area contributed by atoms with E-state index in [1.54, 1.807) is 16.9 Å². The Morgan fingerprint density at radius 1 is 0.679 bits per heavy atom. The molecule has 0 saturated carbocycles. The monoisotopic (exact) mass is 848 g/mol. The van der Waals surface area contributed by atoms with Gasteiger partial charge >= 0.3 is 20.4 Å². The first-order chi connectivity index (χ1) is 23.7. The fraction of sp³-hybridized carbons (Fsp3) is 0.478. The third kappa shape index (κ3) is 13.1. The summed E-state index contributed by atoms with van der Waals surface area (Å²) < 4.78 is 27.2. The molecule has 0 amide bonds. The molecule has 1 N–H and O–H groups in total. The maximum absolute atomic E-state index is 9.08. The van der Waals surface area contributed by atoms with E-state index in [4.69, 9.17) is 18.7 Å². The molecule has 4 rings (SSSR count). The van der Waals surface area contributed by atoms with Gasteiger partial charge in [0.2, 0.25) is 0 Å². The van der Waals surface area contributed by atoms with Gasteiger partial charge in [0.1, 0.15) is 0 Å². The van der Waals surface area contributed by atoms with Crippen LogP contribution >= 0.6 is 7.92 Å². The van der Waals surface area contributed by atoms with Crippen LogP contribution in [0.25, 0.3) is 28.0 Å². The molecule has 0 unspecified atom stereocenters. The second kappa shape index (κ2) is 19.5. The van der Waals surface area contributed by atoms with Crippen molar-refractivity contribution in [2.24, 2.45) is 0 Å². The van der Waals surface area contributed by atoms with E-state index in [1.807, 2.05) is 42.5 Å². The van der Waals surface area contributed by atoms with E-state index < -0.39 is 18.0 Å². The summed E-state index contributed by atoms with van der Waals surface area (Å²) >= 11 is 0. The van der Waals surface area contributed by atoms with E-state index in [2.05, 4.69) is 129 Å². The summed E-state index contributed by atoms with van der Waals surface area (Å²) in [4.78, 5) is 0. The summed E-state index contributed by atoms with van der Waals surface area (Å²) in [5.41, 5.74) is 23.7. The van der Waals surface area contributed by atoms with Crippen molar-refractivity contribution in [3.8, 4) is 22.3 Å². The van der Waals surface area contributed by atoms with Crippen LogP contribution in [-0.2, 0) is 30.5 Å². The SMILES string of the molecule is CS(=O)(=O)[O-].Cc1c(C)c(C)c(P(C(C)(C)C)C(C)(C)C)c(-c2c(C(C)C)cc(C(C)C)cc2C(C)C)c1C.[NH-]c1ccccc1-c1[c]cccc1.[Pd+2]. The third-order valence-electron chi connectivity index (χ3n) is 9.53. The van der Waals surface area contributed by atoms with Gasteiger partial charge in [0.25, 0.3) is 0 Å². The fourth-order valence-corrected chi connectivity index (χ4v) is 11.4. The normalized spacial score (nSPS) is 12.0. The molecule has 0 saturated heterocycles. The number of benzene rings is 4. The minimum atomic E-state index is -3.92. The molecule has 4 aromatic rings. The predicted octanol–water partition coefficient (Wildman–Crippen LogP) is 13.7. The Balaban J connectivity index is 0.000000603. The Labute approximate surface area is 339 Å². The van der Waals surface area contributed by atoms with E-state index in [0.29, 0.717) is 29.7 Å². The minimum Gasteiger partial charge on any atom is -0.748 e. The Morgan fingerprint density at radius 2 is 1.11 bits per heavy atom. The Bertz CT molecular complexity index is 1870. The van der Waals surface area contributed by atoms with E-state index in [9.17, 15) is 0 Å². The number of hydrogen-bond acceptors (Lipinski definition) is 3. The van der Waals surface area contributed by atoms with E-state index in [0.717, 1.165) is 11.1 Å². The van der Waals surface area contributed by atoms with Crippen LogP contribution in [-0.4, -0.2) is 29.5 Å². The zero-order valence-electron chi connectivity index (χ0n) is 35.4. The van der Waals surface area contributed by atoms with Crippen molar-refractivity contribution in [2.45, 2.75) is 139 Å². The van der Waals surface area contributed by atoms with Crippen molar-refractivity contribution >= 4 is 29.0 Å². The predicted molar refractivity (Wildman–Crippen MR) is 229 cm³/mol. The Morgan fingerprint density at radius 3 is 1.49 bits per heavy atom. The molecule has 0 fully saturated rings. The summed E-state index contributed by atoms with van der Waals surface area (Å²) in [6.45, 7) is 38.5. The van der Waals surface area contributed by atoms with Gasteiger partial charge in [-0.1, -0.05) is 152 Å². The topological polar surface area (TPSA) is 81.0 Å². The van der Waals surface area contributed by atoms with E-state index in [1.165, 1.54) is 44.5 Å². The molecule has 0 aliphatic heterocycles. The van der Waals surface area contributed by atoms with Gasteiger partial charge < -0.3 is 10.3 Å².